The number of hydrogen-bond donors (Lipinski definition) is 2. The summed E-state index contributed by atoms with van der Waals surface area (Å²) in [6.45, 7) is 1.92. The van der Waals surface area contributed by atoms with E-state index in [1.54, 1.807) is 19.2 Å². The molecule has 0 spiro atoms. The normalized spacial score (nSPS) is 12.2. The van der Waals surface area contributed by atoms with E-state index in [9.17, 15) is 4.79 Å². The van der Waals surface area contributed by atoms with Crippen molar-refractivity contribution in [2.75, 3.05) is 13.7 Å². The number of carboxylic acids is 1. The van der Waals surface area contributed by atoms with E-state index in [2.05, 4.69) is 15.9 Å². The zero-order valence-electron chi connectivity index (χ0n) is 9.16. The van der Waals surface area contributed by atoms with E-state index in [-0.39, 0.29) is 6.54 Å². The smallest absolute Gasteiger partial charge is 0.312 e. The first-order valence-corrected chi connectivity index (χ1v) is 5.57. The number of aryl methyl sites for hydroxylation is 1. The Hall–Kier alpha value is -1.07. The Morgan fingerprint density at radius 1 is 1.62 bits per heavy atom. The molecule has 3 N–H and O–H groups in total. The predicted molar refractivity (Wildman–Crippen MR) is 64.9 cm³/mol. The summed E-state index contributed by atoms with van der Waals surface area (Å²) in [6.07, 6.45) is 0. The summed E-state index contributed by atoms with van der Waals surface area (Å²) in [5, 5.41) is 9.04. The van der Waals surface area contributed by atoms with Crippen molar-refractivity contribution < 1.29 is 14.6 Å². The van der Waals surface area contributed by atoms with E-state index in [0.29, 0.717) is 11.3 Å². The van der Waals surface area contributed by atoms with Gasteiger partial charge in [-0.3, -0.25) is 4.79 Å². The molecule has 0 radical (unpaired) electrons. The van der Waals surface area contributed by atoms with Gasteiger partial charge in [0.1, 0.15) is 5.75 Å². The second-order valence-electron chi connectivity index (χ2n) is 3.47. The number of carboxylic acid groups (broad SMARTS) is 1. The molecule has 0 heterocycles. The summed E-state index contributed by atoms with van der Waals surface area (Å²) < 4.78 is 5.86. The summed E-state index contributed by atoms with van der Waals surface area (Å²) in [6, 6.07) is 3.55. The van der Waals surface area contributed by atoms with Gasteiger partial charge in [0.2, 0.25) is 0 Å². The van der Waals surface area contributed by atoms with Gasteiger partial charge < -0.3 is 15.6 Å². The Morgan fingerprint density at radius 3 is 2.69 bits per heavy atom. The van der Waals surface area contributed by atoms with Gasteiger partial charge in [0.05, 0.1) is 17.5 Å². The summed E-state index contributed by atoms with van der Waals surface area (Å²) in [7, 11) is 1.57. The van der Waals surface area contributed by atoms with Crippen LogP contribution in [-0.2, 0) is 4.79 Å². The number of hydrogen-bond acceptors (Lipinski definition) is 3. The van der Waals surface area contributed by atoms with Crippen LogP contribution in [0.1, 0.15) is 17.0 Å². The zero-order valence-corrected chi connectivity index (χ0v) is 10.7. The van der Waals surface area contributed by atoms with E-state index in [1.165, 1.54) is 0 Å². The zero-order chi connectivity index (χ0) is 12.3. The number of carbonyl (C=O) groups is 1. The fourth-order valence-corrected chi connectivity index (χ4v) is 2.09. The molecule has 0 saturated carbocycles. The Morgan fingerprint density at radius 2 is 2.25 bits per heavy atom. The van der Waals surface area contributed by atoms with Crippen LogP contribution in [0.4, 0.5) is 0 Å². The molecule has 1 rings (SSSR count). The van der Waals surface area contributed by atoms with E-state index < -0.39 is 11.9 Å². The molecule has 0 bridgehead atoms. The SMILES string of the molecule is COc1cc(C)c(C(CN)C(=O)O)cc1Br. The van der Waals surface area contributed by atoms with Crippen LogP contribution in [0.25, 0.3) is 0 Å². The van der Waals surface area contributed by atoms with E-state index >= 15 is 0 Å². The predicted octanol–water partition coefficient (Wildman–Crippen LogP) is 1.89. The second kappa shape index (κ2) is 5.32. The lowest BCUT2D eigenvalue weighted by Crippen LogP contribution is -2.22. The Balaban J connectivity index is 3.24. The molecule has 0 fully saturated rings. The van der Waals surface area contributed by atoms with Gasteiger partial charge in [0, 0.05) is 6.54 Å². The van der Waals surface area contributed by atoms with Crippen LogP contribution >= 0.6 is 15.9 Å². The molecule has 1 aromatic carbocycles. The molecule has 0 saturated heterocycles. The largest absolute Gasteiger partial charge is 0.496 e. The molecule has 0 amide bonds. The maximum atomic E-state index is 11.0. The molecule has 16 heavy (non-hydrogen) atoms. The third kappa shape index (κ3) is 2.54. The fourth-order valence-electron chi connectivity index (χ4n) is 1.56. The van der Waals surface area contributed by atoms with E-state index in [1.807, 2.05) is 6.92 Å². The van der Waals surface area contributed by atoms with Crippen LogP contribution < -0.4 is 10.5 Å². The summed E-state index contributed by atoms with van der Waals surface area (Å²) in [4.78, 5) is 11.0. The highest BCUT2D eigenvalue weighted by molar-refractivity contribution is 9.10. The van der Waals surface area contributed by atoms with Gasteiger partial charge >= 0.3 is 5.97 Å². The molecule has 0 aliphatic rings. The third-order valence-electron chi connectivity index (χ3n) is 2.45. The van der Waals surface area contributed by atoms with Crippen molar-refractivity contribution in [1.29, 1.82) is 0 Å². The van der Waals surface area contributed by atoms with Crippen molar-refractivity contribution >= 4 is 21.9 Å². The molecule has 0 aliphatic heterocycles. The topological polar surface area (TPSA) is 72.5 Å². The molecule has 0 aliphatic carbocycles. The minimum Gasteiger partial charge on any atom is -0.496 e. The van der Waals surface area contributed by atoms with Gasteiger partial charge in [-0.15, -0.1) is 0 Å². The Bertz CT molecular complexity index is 406. The molecular weight excluding hydrogens is 274 g/mol. The number of halogens is 1. The van der Waals surface area contributed by atoms with Gasteiger partial charge in [0.25, 0.3) is 0 Å². The van der Waals surface area contributed by atoms with Crippen molar-refractivity contribution in [3.8, 4) is 5.75 Å². The summed E-state index contributed by atoms with van der Waals surface area (Å²) in [5.74, 6) is -0.910. The van der Waals surface area contributed by atoms with Crippen LogP contribution in [-0.4, -0.2) is 24.7 Å². The fraction of sp³-hybridized carbons (Fsp3) is 0.364. The number of aliphatic carboxylic acids is 1. The monoisotopic (exact) mass is 287 g/mol. The number of benzene rings is 1. The lowest BCUT2D eigenvalue weighted by Gasteiger charge is -2.15. The van der Waals surface area contributed by atoms with Crippen molar-refractivity contribution in [2.45, 2.75) is 12.8 Å². The Labute approximate surface area is 103 Å². The van der Waals surface area contributed by atoms with Gasteiger partial charge in [0.15, 0.2) is 0 Å². The van der Waals surface area contributed by atoms with Crippen LogP contribution in [0.15, 0.2) is 16.6 Å². The van der Waals surface area contributed by atoms with Crippen LogP contribution in [0, 0.1) is 6.92 Å². The number of ether oxygens (including phenoxy) is 1. The third-order valence-corrected chi connectivity index (χ3v) is 3.07. The number of rotatable bonds is 4. The molecule has 4 nitrogen and oxygen atoms in total. The Kier molecular flexibility index (Phi) is 4.32. The van der Waals surface area contributed by atoms with E-state index in [4.69, 9.17) is 15.6 Å². The quantitative estimate of drug-likeness (QED) is 0.887. The van der Waals surface area contributed by atoms with E-state index in [0.717, 1.165) is 10.0 Å². The highest BCUT2D eigenvalue weighted by atomic mass is 79.9. The minimum atomic E-state index is -0.914. The molecule has 5 heteroatoms. The lowest BCUT2D eigenvalue weighted by molar-refractivity contribution is -0.138. The molecule has 88 valence electrons. The minimum absolute atomic E-state index is 0.0783. The first-order chi connectivity index (χ1) is 7.51. The summed E-state index contributed by atoms with van der Waals surface area (Å²) >= 11 is 3.33. The average molecular weight is 288 g/mol. The van der Waals surface area contributed by atoms with Crippen molar-refractivity contribution in [2.24, 2.45) is 5.73 Å². The summed E-state index contributed by atoms with van der Waals surface area (Å²) in [5.41, 5.74) is 7.04. The number of methoxy groups -OCH3 is 1. The average Bonchev–Trinajstić information content (AvgIpc) is 2.23. The highest BCUT2D eigenvalue weighted by Gasteiger charge is 2.21. The van der Waals surface area contributed by atoms with Gasteiger partial charge in [-0.05, 0) is 46.1 Å². The molecule has 1 atom stereocenters. The van der Waals surface area contributed by atoms with Gasteiger partial charge in [-0.1, -0.05) is 0 Å². The first kappa shape index (κ1) is 13.0. The van der Waals surface area contributed by atoms with Gasteiger partial charge in [-0.25, -0.2) is 0 Å². The van der Waals surface area contributed by atoms with Crippen LogP contribution in [0.2, 0.25) is 0 Å². The lowest BCUT2D eigenvalue weighted by atomic mass is 9.95. The maximum Gasteiger partial charge on any atom is 0.312 e. The van der Waals surface area contributed by atoms with Crippen molar-refractivity contribution in [1.82, 2.24) is 0 Å². The standard InChI is InChI=1S/C11H14BrNO3/c1-6-3-10(16-2)9(12)4-7(6)8(5-13)11(14)15/h3-4,8H,5,13H2,1-2H3,(H,14,15). The maximum absolute atomic E-state index is 11.0. The highest BCUT2D eigenvalue weighted by Crippen LogP contribution is 2.31. The first-order valence-electron chi connectivity index (χ1n) is 4.78. The molecule has 1 unspecified atom stereocenters. The second-order valence-corrected chi connectivity index (χ2v) is 4.32. The van der Waals surface area contributed by atoms with Crippen LogP contribution in [0.5, 0.6) is 5.75 Å². The van der Waals surface area contributed by atoms with Gasteiger partial charge in [-0.2, -0.15) is 0 Å². The molecule has 1 aromatic rings. The van der Waals surface area contributed by atoms with Crippen LogP contribution in [0.3, 0.4) is 0 Å². The number of nitrogens with two attached hydrogens (primary N) is 1. The molecule has 0 aromatic heterocycles. The van der Waals surface area contributed by atoms with Crippen molar-refractivity contribution in [3.63, 3.8) is 0 Å². The van der Waals surface area contributed by atoms with Crippen molar-refractivity contribution in [3.05, 3.63) is 27.7 Å². The molecular formula is C11H14BrNO3.